The van der Waals surface area contributed by atoms with Gasteiger partial charge in [-0.25, -0.2) is 4.39 Å². The van der Waals surface area contributed by atoms with Gasteiger partial charge >= 0.3 is 12.1 Å². The van der Waals surface area contributed by atoms with Crippen molar-refractivity contribution in [2.45, 2.75) is 94.4 Å². The van der Waals surface area contributed by atoms with Gasteiger partial charge in [0.2, 0.25) is 11.6 Å². The van der Waals surface area contributed by atoms with E-state index in [0.717, 1.165) is 11.1 Å². The third-order valence-corrected chi connectivity index (χ3v) is 11.4. The third-order valence-electron chi connectivity index (χ3n) is 11.4. The highest BCUT2D eigenvalue weighted by Gasteiger charge is 2.61. The minimum atomic E-state index is -5.04. The average molecular weight is 597 g/mol. The molecule has 43 heavy (non-hydrogen) atoms. The molecular weight excluding hydrogens is 560 g/mol. The Balaban J connectivity index is 1.36. The summed E-state index contributed by atoms with van der Waals surface area (Å²) in [6.45, 7) is 1.08. The fourth-order valence-corrected chi connectivity index (χ4v) is 8.66. The SMILES string of the molecule is COC(=O)C12CCC(C(=O)N3CCC4(Cc5ccc(C#N)cc5)c5ccc(C(C)(F)C(F)(F)F)cc5CCC34)(CC1)CC2. The lowest BCUT2D eigenvalue weighted by molar-refractivity contribution is -0.228. The number of halogens is 4. The molecule has 5 aliphatic rings. The first-order valence-electron chi connectivity index (χ1n) is 15.1. The summed E-state index contributed by atoms with van der Waals surface area (Å²) in [4.78, 5) is 29.0. The monoisotopic (exact) mass is 596 g/mol. The van der Waals surface area contributed by atoms with E-state index >= 15 is 4.39 Å². The van der Waals surface area contributed by atoms with E-state index in [2.05, 4.69) is 6.07 Å². The Bertz CT molecular complexity index is 1470. The average Bonchev–Trinajstić information content (AvgIpc) is 3.39. The Morgan fingerprint density at radius 1 is 0.977 bits per heavy atom. The van der Waals surface area contributed by atoms with Gasteiger partial charge in [-0.3, -0.25) is 9.59 Å². The molecule has 3 atom stereocenters. The zero-order chi connectivity index (χ0) is 30.8. The van der Waals surface area contributed by atoms with E-state index in [1.807, 2.05) is 17.0 Å². The van der Waals surface area contributed by atoms with E-state index in [4.69, 9.17) is 4.74 Å². The van der Waals surface area contributed by atoms with Crippen molar-refractivity contribution in [2.24, 2.45) is 10.8 Å². The molecule has 2 aromatic carbocycles. The van der Waals surface area contributed by atoms with E-state index in [1.54, 1.807) is 18.2 Å². The predicted octanol–water partition coefficient (Wildman–Crippen LogP) is 6.85. The second kappa shape index (κ2) is 10.1. The van der Waals surface area contributed by atoms with Gasteiger partial charge in [-0.05, 0) is 106 Å². The summed E-state index contributed by atoms with van der Waals surface area (Å²) in [5.74, 6) is -0.0696. The Morgan fingerprint density at radius 3 is 2.19 bits per heavy atom. The summed E-state index contributed by atoms with van der Waals surface area (Å²) in [7, 11) is 1.41. The number of carbonyl (C=O) groups excluding carboxylic acids is 2. The normalized spacial score (nSPS) is 31.0. The van der Waals surface area contributed by atoms with Crippen molar-refractivity contribution in [2.75, 3.05) is 13.7 Å². The lowest BCUT2D eigenvalue weighted by Gasteiger charge is -2.53. The molecule has 7 rings (SSSR count). The zero-order valence-corrected chi connectivity index (χ0v) is 24.5. The van der Waals surface area contributed by atoms with Crippen LogP contribution in [0.15, 0.2) is 42.5 Å². The van der Waals surface area contributed by atoms with Crippen LogP contribution < -0.4 is 0 Å². The number of amides is 1. The lowest BCUT2D eigenvalue weighted by Crippen LogP contribution is -2.57. The maximum Gasteiger partial charge on any atom is 0.426 e. The number of aryl methyl sites for hydroxylation is 1. The van der Waals surface area contributed by atoms with Crippen LogP contribution in [0.5, 0.6) is 0 Å². The summed E-state index contributed by atoms with van der Waals surface area (Å²) in [6.07, 6.45) is 0.952. The number of nitrogens with zero attached hydrogens (tertiary/aromatic N) is 2. The van der Waals surface area contributed by atoms with Crippen molar-refractivity contribution < 1.29 is 31.9 Å². The van der Waals surface area contributed by atoms with E-state index in [1.165, 1.54) is 19.2 Å². The van der Waals surface area contributed by atoms with Crippen LogP contribution in [0.2, 0.25) is 0 Å². The second-order valence-corrected chi connectivity index (χ2v) is 13.4. The number of nitriles is 1. The molecule has 3 saturated carbocycles. The predicted molar refractivity (Wildman–Crippen MR) is 151 cm³/mol. The van der Waals surface area contributed by atoms with Crippen LogP contribution in [0.3, 0.4) is 0 Å². The van der Waals surface area contributed by atoms with Gasteiger partial charge in [0.15, 0.2) is 0 Å². The van der Waals surface area contributed by atoms with Gasteiger partial charge < -0.3 is 9.64 Å². The number of carbonyl (C=O) groups is 2. The Hall–Kier alpha value is -3.41. The third kappa shape index (κ3) is 4.46. The smallest absolute Gasteiger partial charge is 0.426 e. The molecule has 4 fully saturated rings. The van der Waals surface area contributed by atoms with Crippen LogP contribution in [-0.2, 0) is 38.3 Å². The van der Waals surface area contributed by atoms with E-state index in [0.29, 0.717) is 88.8 Å². The van der Waals surface area contributed by atoms with Crippen molar-refractivity contribution in [3.63, 3.8) is 0 Å². The molecule has 2 aromatic rings. The number of likely N-dealkylation sites (tertiary alicyclic amines) is 1. The van der Waals surface area contributed by atoms with E-state index in [9.17, 15) is 28.0 Å². The van der Waals surface area contributed by atoms with Crippen molar-refractivity contribution in [1.82, 2.24) is 4.90 Å². The minimum Gasteiger partial charge on any atom is -0.469 e. The fourth-order valence-electron chi connectivity index (χ4n) is 8.66. The van der Waals surface area contributed by atoms with Crippen molar-refractivity contribution >= 4 is 11.9 Å². The van der Waals surface area contributed by atoms with Crippen LogP contribution in [-0.4, -0.2) is 42.6 Å². The number of hydrogen-bond donors (Lipinski definition) is 0. The minimum absolute atomic E-state index is 0.117. The molecular formula is C34H36F4N2O3. The molecule has 9 heteroatoms. The summed E-state index contributed by atoms with van der Waals surface area (Å²) in [5.41, 5.74) is -2.39. The number of fused-ring (bicyclic) bond motifs is 6. The van der Waals surface area contributed by atoms with Gasteiger partial charge in [-0.15, -0.1) is 0 Å². The van der Waals surface area contributed by atoms with Gasteiger partial charge in [0.05, 0.1) is 24.2 Å². The standard InChI is InChI=1S/C34H36F4N2O3/c1-30(35,34(36,37)38)25-8-9-26-24(19-25)7-10-27-33(26,20-22-3-5-23(21-39)6-4-22)17-18-40(27)28(41)31-11-14-32(15-12-31,16-13-31)29(42)43-2/h3-6,8-9,19,27H,7,10-18,20H2,1-2H3. The molecule has 0 radical (unpaired) electrons. The first-order valence-corrected chi connectivity index (χ1v) is 15.1. The van der Waals surface area contributed by atoms with E-state index in [-0.39, 0.29) is 17.9 Å². The maximum atomic E-state index is 15.0. The number of rotatable bonds is 5. The Morgan fingerprint density at radius 2 is 1.60 bits per heavy atom. The fraction of sp³-hybridized carbons (Fsp3) is 0.559. The number of hydrogen-bond acceptors (Lipinski definition) is 4. The van der Waals surface area contributed by atoms with E-state index < -0.39 is 33.7 Å². The zero-order valence-electron chi connectivity index (χ0n) is 24.5. The summed E-state index contributed by atoms with van der Waals surface area (Å²) in [5, 5.41) is 9.28. The van der Waals surface area contributed by atoms with Gasteiger partial charge in [0, 0.05) is 23.4 Å². The highest BCUT2D eigenvalue weighted by molar-refractivity contribution is 5.86. The highest BCUT2D eigenvalue weighted by Crippen LogP contribution is 2.59. The molecule has 2 bridgehead atoms. The second-order valence-electron chi connectivity index (χ2n) is 13.4. The first-order chi connectivity index (χ1) is 20.3. The molecule has 1 amide bonds. The number of esters is 1. The Kier molecular flexibility index (Phi) is 6.94. The number of methoxy groups -OCH3 is 1. The molecule has 3 unspecified atom stereocenters. The first kappa shape index (κ1) is 29.7. The molecule has 1 saturated heterocycles. The molecule has 0 N–H and O–H groups in total. The van der Waals surface area contributed by atoms with Gasteiger partial charge in [-0.2, -0.15) is 18.4 Å². The summed E-state index contributed by atoms with van der Waals surface area (Å²) < 4.78 is 60.9. The lowest BCUT2D eigenvalue weighted by atomic mass is 9.53. The molecule has 1 aliphatic heterocycles. The van der Waals surface area contributed by atoms with Crippen LogP contribution in [0, 0.1) is 22.2 Å². The molecule has 0 aromatic heterocycles. The molecule has 0 spiro atoms. The maximum absolute atomic E-state index is 15.0. The number of benzene rings is 2. The number of ether oxygens (including phenoxy) is 1. The van der Waals surface area contributed by atoms with Crippen molar-refractivity contribution in [3.8, 4) is 6.07 Å². The van der Waals surface area contributed by atoms with Crippen molar-refractivity contribution in [1.29, 1.82) is 5.26 Å². The topological polar surface area (TPSA) is 70.4 Å². The van der Waals surface area contributed by atoms with Gasteiger partial charge in [-0.1, -0.05) is 30.3 Å². The molecule has 4 aliphatic carbocycles. The molecule has 228 valence electrons. The molecule has 1 heterocycles. The van der Waals surface area contributed by atoms with Crippen molar-refractivity contribution in [3.05, 3.63) is 70.3 Å². The van der Waals surface area contributed by atoms with Crippen LogP contribution in [0.25, 0.3) is 0 Å². The van der Waals surface area contributed by atoms with Gasteiger partial charge in [0.25, 0.3) is 0 Å². The summed E-state index contributed by atoms with van der Waals surface area (Å²) >= 11 is 0. The number of alkyl halides is 4. The summed E-state index contributed by atoms with van der Waals surface area (Å²) in [6, 6.07) is 13.5. The van der Waals surface area contributed by atoms with Gasteiger partial charge in [0.1, 0.15) is 0 Å². The largest absolute Gasteiger partial charge is 0.469 e. The van der Waals surface area contributed by atoms with Crippen LogP contribution >= 0.6 is 0 Å². The Labute approximate surface area is 249 Å². The van der Waals surface area contributed by atoms with Crippen LogP contribution in [0.1, 0.15) is 86.1 Å². The quantitative estimate of drug-likeness (QED) is 0.280. The molecule has 5 nitrogen and oxygen atoms in total. The highest BCUT2D eigenvalue weighted by atomic mass is 19.4. The van der Waals surface area contributed by atoms with Crippen LogP contribution in [0.4, 0.5) is 17.6 Å².